The van der Waals surface area contributed by atoms with E-state index in [1.165, 1.54) is 65.0 Å². The zero-order valence-corrected chi connectivity index (χ0v) is 12.0. The molecule has 2 aliphatic heterocycles. The first-order chi connectivity index (χ1) is 8.13. The van der Waals surface area contributed by atoms with Gasteiger partial charge in [-0.2, -0.15) is 0 Å². The van der Waals surface area contributed by atoms with E-state index in [4.69, 9.17) is 0 Å². The van der Waals surface area contributed by atoms with Gasteiger partial charge in [0, 0.05) is 13.1 Å². The molecule has 2 fully saturated rings. The maximum absolute atomic E-state index is 2.70. The van der Waals surface area contributed by atoms with Gasteiger partial charge in [0.15, 0.2) is 0 Å². The summed E-state index contributed by atoms with van der Waals surface area (Å²) < 4.78 is 0. The SMILES string of the molecule is CCN1CC2(CCN(CCCC(C)C)CC2)C1. The molecule has 0 N–H and O–H groups in total. The molecule has 0 aromatic rings. The summed E-state index contributed by atoms with van der Waals surface area (Å²) in [4.78, 5) is 5.29. The van der Waals surface area contributed by atoms with Crippen LogP contribution in [0.3, 0.4) is 0 Å². The molecule has 2 nitrogen and oxygen atoms in total. The summed E-state index contributed by atoms with van der Waals surface area (Å²) in [6.45, 7) is 15.0. The Hall–Kier alpha value is -0.0800. The second kappa shape index (κ2) is 5.71. The van der Waals surface area contributed by atoms with Crippen LogP contribution in [-0.4, -0.2) is 49.1 Å². The number of hydrogen-bond donors (Lipinski definition) is 0. The minimum atomic E-state index is 0.727. The van der Waals surface area contributed by atoms with Crippen LogP contribution in [0, 0.1) is 11.3 Å². The van der Waals surface area contributed by atoms with Crippen molar-refractivity contribution < 1.29 is 0 Å². The molecule has 0 aliphatic carbocycles. The summed E-state index contributed by atoms with van der Waals surface area (Å²) in [7, 11) is 0. The molecule has 2 rings (SSSR count). The molecule has 0 aromatic heterocycles. The van der Waals surface area contributed by atoms with Gasteiger partial charge in [-0.3, -0.25) is 0 Å². The Morgan fingerprint density at radius 2 is 1.71 bits per heavy atom. The van der Waals surface area contributed by atoms with E-state index in [9.17, 15) is 0 Å². The first kappa shape index (κ1) is 13.4. The van der Waals surface area contributed by atoms with Gasteiger partial charge in [0.2, 0.25) is 0 Å². The van der Waals surface area contributed by atoms with Gasteiger partial charge < -0.3 is 9.80 Å². The molecule has 2 aliphatic rings. The minimum Gasteiger partial charge on any atom is -0.303 e. The highest BCUT2D eigenvalue weighted by molar-refractivity contribution is 4.97. The highest BCUT2D eigenvalue weighted by atomic mass is 15.2. The number of rotatable bonds is 5. The van der Waals surface area contributed by atoms with Gasteiger partial charge in [-0.15, -0.1) is 0 Å². The number of piperidine rings is 1. The van der Waals surface area contributed by atoms with E-state index < -0.39 is 0 Å². The fourth-order valence-corrected chi connectivity index (χ4v) is 3.42. The molecule has 0 amide bonds. The molecule has 0 saturated carbocycles. The monoisotopic (exact) mass is 238 g/mol. The first-order valence-corrected chi connectivity index (χ1v) is 7.58. The summed E-state index contributed by atoms with van der Waals surface area (Å²) in [6.07, 6.45) is 5.69. The van der Waals surface area contributed by atoms with Gasteiger partial charge in [-0.05, 0) is 63.2 Å². The van der Waals surface area contributed by atoms with Crippen molar-refractivity contribution in [3.8, 4) is 0 Å². The third-order valence-corrected chi connectivity index (χ3v) is 4.74. The van der Waals surface area contributed by atoms with Crippen molar-refractivity contribution in [2.45, 2.75) is 46.5 Å². The van der Waals surface area contributed by atoms with Gasteiger partial charge >= 0.3 is 0 Å². The molecule has 0 unspecified atom stereocenters. The zero-order valence-electron chi connectivity index (χ0n) is 12.0. The van der Waals surface area contributed by atoms with Gasteiger partial charge in [0.05, 0.1) is 0 Å². The quantitative estimate of drug-likeness (QED) is 0.727. The average Bonchev–Trinajstić information content (AvgIpc) is 2.26. The van der Waals surface area contributed by atoms with Crippen LogP contribution in [-0.2, 0) is 0 Å². The highest BCUT2D eigenvalue weighted by Gasteiger charge is 2.43. The van der Waals surface area contributed by atoms with Crippen LogP contribution in [0.4, 0.5) is 0 Å². The maximum Gasteiger partial charge on any atom is 0.00513 e. The lowest BCUT2D eigenvalue weighted by Crippen LogP contribution is -2.60. The van der Waals surface area contributed by atoms with Crippen molar-refractivity contribution >= 4 is 0 Å². The van der Waals surface area contributed by atoms with Crippen LogP contribution >= 0.6 is 0 Å². The summed E-state index contributed by atoms with van der Waals surface area (Å²) in [6, 6.07) is 0. The van der Waals surface area contributed by atoms with Crippen molar-refractivity contribution in [3.05, 3.63) is 0 Å². The number of likely N-dealkylation sites (tertiary alicyclic amines) is 2. The molecule has 17 heavy (non-hydrogen) atoms. The third kappa shape index (κ3) is 3.45. The summed E-state index contributed by atoms with van der Waals surface area (Å²) in [5, 5.41) is 0. The molecular weight excluding hydrogens is 208 g/mol. The van der Waals surface area contributed by atoms with E-state index in [1.807, 2.05) is 0 Å². The first-order valence-electron chi connectivity index (χ1n) is 7.58. The van der Waals surface area contributed by atoms with Gasteiger partial charge in [-0.1, -0.05) is 20.8 Å². The Labute approximate surface area is 107 Å². The Bertz CT molecular complexity index is 221. The zero-order chi connectivity index (χ0) is 12.3. The second-order valence-electron chi connectivity index (χ2n) is 6.68. The fourth-order valence-electron chi connectivity index (χ4n) is 3.42. The van der Waals surface area contributed by atoms with E-state index in [-0.39, 0.29) is 0 Å². The lowest BCUT2D eigenvalue weighted by molar-refractivity contribution is -0.0435. The summed E-state index contributed by atoms with van der Waals surface area (Å²) in [5.41, 5.74) is 0.727. The molecule has 2 heteroatoms. The minimum absolute atomic E-state index is 0.727. The smallest absolute Gasteiger partial charge is 0.00513 e. The Balaban J connectivity index is 1.62. The van der Waals surface area contributed by atoms with E-state index in [0.29, 0.717) is 0 Å². The maximum atomic E-state index is 2.70. The van der Waals surface area contributed by atoms with Crippen molar-refractivity contribution in [2.24, 2.45) is 11.3 Å². The molecule has 100 valence electrons. The molecule has 2 saturated heterocycles. The predicted molar refractivity (Wildman–Crippen MR) is 74.3 cm³/mol. The van der Waals surface area contributed by atoms with Gasteiger partial charge in [-0.25, -0.2) is 0 Å². The van der Waals surface area contributed by atoms with Crippen LogP contribution in [0.15, 0.2) is 0 Å². The van der Waals surface area contributed by atoms with E-state index in [0.717, 1.165) is 11.3 Å². The average molecular weight is 238 g/mol. The van der Waals surface area contributed by atoms with Crippen LogP contribution in [0.25, 0.3) is 0 Å². The van der Waals surface area contributed by atoms with Gasteiger partial charge in [0.1, 0.15) is 0 Å². The van der Waals surface area contributed by atoms with Crippen molar-refractivity contribution in [1.29, 1.82) is 0 Å². The largest absolute Gasteiger partial charge is 0.303 e. The van der Waals surface area contributed by atoms with Crippen LogP contribution in [0.1, 0.15) is 46.5 Å². The summed E-state index contributed by atoms with van der Waals surface area (Å²) >= 11 is 0. The van der Waals surface area contributed by atoms with E-state index in [2.05, 4.69) is 30.6 Å². The van der Waals surface area contributed by atoms with Gasteiger partial charge in [0.25, 0.3) is 0 Å². The standard InChI is InChI=1S/C15H30N2/c1-4-16-12-15(13-16)7-10-17(11-8-15)9-5-6-14(2)3/h14H,4-13H2,1-3H3. The fraction of sp³-hybridized carbons (Fsp3) is 1.00. The molecular formula is C15H30N2. The Morgan fingerprint density at radius 1 is 1.06 bits per heavy atom. The molecule has 0 aromatic carbocycles. The summed E-state index contributed by atoms with van der Waals surface area (Å²) in [5.74, 6) is 0.871. The molecule has 0 atom stereocenters. The van der Waals surface area contributed by atoms with Crippen molar-refractivity contribution in [3.63, 3.8) is 0 Å². The molecule has 2 heterocycles. The van der Waals surface area contributed by atoms with Crippen molar-refractivity contribution in [2.75, 3.05) is 39.3 Å². The van der Waals surface area contributed by atoms with Crippen LogP contribution < -0.4 is 0 Å². The normalized spacial score (nSPS) is 25.4. The van der Waals surface area contributed by atoms with E-state index >= 15 is 0 Å². The second-order valence-corrected chi connectivity index (χ2v) is 6.68. The highest BCUT2D eigenvalue weighted by Crippen LogP contribution is 2.40. The van der Waals surface area contributed by atoms with Crippen molar-refractivity contribution in [1.82, 2.24) is 9.80 Å². The molecule has 1 spiro atoms. The Morgan fingerprint density at radius 3 is 2.24 bits per heavy atom. The van der Waals surface area contributed by atoms with Crippen LogP contribution in [0.2, 0.25) is 0 Å². The predicted octanol–water partition coefficient (Wildman–Crippen LogP) is 2.84. The lowest BCUT2D eigenvalue weighted by atomic mass is 9.72. The van der Waals surface area contributed by atoms with E-state index in [1.54, 1.807) is 0 Å². The molecule has 0 radical (unpaired) electrons. The molecule has 0 bridgehead atoms. The topological polar surface area (TPSA) is 6.48 Å². The number of hydrogen-bond acceptors (Lipinski definition) is 2. The third-order valence-electron chi connectivity index (χ3n) is 4.74. The lowest BCUT2D eigenvalue weighted by Gasteiger charge is -2.54. The Kier molecular flexibility index (Phi) is 4.48. The number of nitrogens with zero attached hydrogens (tertiary/aromatic N) is 2. The van der Waals surface area contributed by atoms with Crippen LogP contribution in [0.5, 0.6) is 0 Å².